The van der Waals surface area contributed by atoms with E-state index in [9.17, 15) is 0 Å². The van der Waals surface area contributed by atoms with Gasteiger partial charge in [0.1, 0.15) is 5.75 Å². The zero-order chi connectivity index (χ0) is 9.14. The Bertz CT molecular complexity index is 286. The lowest BCUT2D eigenvalue weighted by molar-refractivity contribution is 0.361. The molecule has 12 heavy (non-hydrogen) atoms. The summed E-state index contributed by atoms with van der Waals surface area (Å²) < 4.78 is 5.09. The second-order valence-electron chi connectivity index (χ2n) is 2.05. The van der Waals surface area contributed by atoms with Gasteiger partial charge < -0.3 is 4.74 Å². The zero-order valence-corrected chi connectivity index (χ0v) is 8.38. The van der Waals surface area contributed by atoms with E-state index in [-0.39, 0.29) is 0 Å². The molecule has 0 N–H and O–H groups in total. The molecule has 1 rings (SSSR count). The first kappa shape index (κ1) is 9.97. The lowest BCUT2D eigenvalue weighted by Crippen LogP contribution is -1.92. The van der Waals surface area contributed by atoms with Crippen molar-refractivity contribution in [3.63, 3.8) is 0 Å². The first-order chi connectivity index (χ1) is 5.65. The highest BCUT2D eigenvalue weighted by atomic mass is 35.5. The van der Waals surface area contributed by atoms with E-state index in [1.54, 1.807) is 6.07 Å². The van der Waals surface area contributed by atoms with Crippen LogP contribution < -0.4 is 4.74 Å². The Morgan fingerprint density at radius 3 is 2.25 bits per heavy atom. The third-order valence-corrected chi connectivity index (χ3v) is 2.25. The van der Waals surface area contributed by atoms with Crippen molar-refractivity contribution in [1.82, 2.24) is 0 Å². The quantitative estimate of drug-likeness (QED) is 0.693. The van der Waals surface area contributed by atoms with Crippen LogP contribution in [0.25, 0.3) is 0 Å². The van der Waals surface area contributed by atoms with Gasteiger partial charge in [-0.15, -0.1) is 0 Å². The largest absolute Gasteiger partial charge is 0.492 e. The summed E-state index contributed by atoms with van der Waals surface area (Å²) in [5.74, 6) is 0.501. The predicted molar refractivity (Wildman–Crippen MR) is 52.3 cm³/mol. The molecule has 1 radical (unpaired) electrons. The van der Waals surface area contributed by atoms with Crippen molar-refractivity contribution in [2.45, 2.75) is 0 Å². The van der Waals surface area contributed by atoms with Crippen molar-refractivity contribution in [3.05, 3.63) is 34.1 Å². The molecule has 0 aliphatic heterocycles. The lowest BCUT2D eigenvalue weighted by Gasteiger charge is -2.06. The predicted octanol–water partition coefficient (Wildman–Crippen LogP) is 3.86. The molecule has 0 heterocycles. The summed E-state index contributed by atoms with van der Waals surface area (Å²) in [6.45, 7) is 3.82. The third kappa shape index (κ3) is 2.19. The van der Waals surface area contributed by atoms with Gasteiger partial charge in [-0.25, -0.2) is 0 Å². The van der Waals surface area contributed by atoms with E-state index in [1.165, 1.54) is 6.07 Å². The maximum atomic E-state index is 5.78. The standard InChI is InChI=1S/C8H6Cl3O/c1-2-12-8-4-6(10)5(9)3-7(8)11/h3-4H,1-2H2. The highest BCUT2D eigenvalue weighted by Gasteiger charge is 2.05. The van der Waals surface area contributed by atoms with Crippen LogP contribution in [0.4, 0.5) is 0 Å². The molecule has 0 saturated carbocycles. The van der Waals surface area contributed by atoms with Crippen LogP contribution in [0.5, 0.6) is 5.75 Å². The molecule has 0 bridgehead atoms. The van der Waals surface area contributed by atoms with Gasteiger partial charge in [-0.3, -0.25) is 0 Å². The molecular weight excluding hydrogens is 218 g/mol. The van der Waals surface area contributed by atoms with Gasteiger partial charge in [-0.1, -0.05) is 34.8 Å². The summed E-state index contributed by atoms with van der Waals surface area (Å²) >= 11 is 17.2. The fourth-order valence-electron chi connectivity index (χ4n) is 0.725. The van der Waals surface area contributed by atoms with Crippen molar-refractivity contribution < 1.29 is 4.74 Å². The van der Waals surface area contributed by atoms with Gasteiger partial charge in [-0.05, 0) is 13.0 Å². The van der Waals surface area contributed by atoms with Crippen LogP contribution in [-0.2, 0) is 0 Å². The molecule has 1 aromatic carbocycles. The normalized spacial score (nSPS) is 10.0. The third-order valence-electron chi connectivity index (χ3n) is 1.23. The van der Waals surface area contributed by atoms with E-state index in [0.717, 1.165) is 0 Å². The van der Waals surface area contributed by atoms with E-state index in [0.29, 0.717) is 27.4 Å². The molecule has 0 unspecified atom stereocenters. The van der Waals surface area contributed by atoms with Crippen molar-refractivity contribution in [2.24, 2.45) is 0 Å². The topological polar surface area (TPSA) is 9.23 Å². The summed E-state index contributed by atoms with van der Waals surface area (Å²) in [6.07, 6.45) is 0. The molecule has 1 nitrogen and oxygen atoms in total. The first-order valence-corrected chi connectivity index (χ1v) is 4.35. The fraction of sp³-hybridized carbons (Fsp3) is 0.125. The maximum Gasteiger partial charge on any atom is 0.139 e. The highest BCUT2D eigenvalue weighted by molar-refractivity contribution is 6.43. The van der Waals surface area contributed by atoms with Gasteiger partial charge in [0.2, 0.25) is 0 Å². The Hall–Kier alpha value is -0.110. The van der Waals surface area contributed by atoms with Crippen LogP contribution >= 0.6 is 34.8 Å². The van der Waals surface area contributed by atoms with Gasteiger partial charge in [0.25, 0.3) is 0 Å². The minimum atomic E-state index is 0.303. The smallest absolute Gasteiger partial charge is 0.139 e. The van der Waals surface area contributed by atoms with Crippen LogP contribution in [0.3, 0.4) is 0 Å². The highest BCUT2D eigenvalue weighted by Crippen LogP contribution is 2.33. The first-order valence-electron chi connectivity index (χ1n) is 3.21. The van der Waals surface area contributed by atoms with Crippen LogP contribution in [0.15, 0.2) is 12.1 Å². The van der Waals surface area contributed by atoms with Crippen LogP contribution in [0, 0.1) is 6.92 Å². The average molecular weight is 224 g/mol. The SMILES string of the molecule is [CH2]COc1cc(Cl)c(Cl)cc1Cl. The second kappa shape index (κ2) is 4.22. The number of rotatable bonds is 2. The Balaban J connectivity index is 3.05. The molecule has 0 aromatic heterocycles. The van der Waals surface area contributed by atoms with E-state index in [4.69, 9.17) is 39.5 Å². The zero-order valence-electron chi connectivity index (χ0n) is 6.11. The summed E-state index contributed by atoms with van der Waals surface area (Å²) in [7, 11) is 0. The molecule has 0 atom stereocenters. The average Bonchev–Trinajstić information content (AvgIpc) is 2.01. The van der Waals surface area contributed by atoms with Crippen molar-refractivity contribution in [1.29, 1.82) is 0 Å². The van der Waals surface area contributed by atoms with Gasteiger partial charge in [0.05, 0.1) is 21.7 Å². The Morgan fingerprint density at radius 2 is 1.67 bits per heavy atom. The summed E-state index contributed by atoms with van der Waals surface area (Å²) in [4.78, 5) is 0. The number of halogens is 3. The van der Waals surface area contributed by atoms with Gasteiger partial charge in [-0.2, -0.15) is 0 Å². The molecule has 0 spiro atoms. The molecule has 4 heteroatoms. The molecule has 0 fully saturated rings. The second-order valence-corrected chi connectivity index (χ2v) is 3.27. The van der Waals surface area contributed by atoms with Crippen LogP contribution in [-0.4, -0.2) is 6.61 Å². The van der Waals surface area contributed by atoms with E-state index >= 15 is 0 Å². The lowest BCUT2D eigenvalue weighted by atomic mass is 10.3. The molecule has 1 aromatic rings. The molecule has 0 amide bonds. The van der Waals surface area contributed by atoms with Crippen molar-refractivity contribution >= 4 is 34.8 Å². The van der Waals surface area contributed by atoms with E-state index in [2.05, 4.69) is 6.92 Å². The molecule has 0 aliphatic rings. The monoisotopic (exact) mass is 223 g/mol. The number of hydrogen-bond donors (Lipinski definition) is 0. The molecule has 0 aliphatic carbocycles. The van der Waals surface area contributed by atoms with Gasteiger partial charge >= 0.3 is 0 Å². The van der Waals surface area contributed by atoms with E-state index in [1.807, 2.05) is 0 Å². The minimum absolute atomic E-state index is 0.303. The summed E-state index contributed by atoms with van der Waals surface area (Å²) in [5.41, 5.74) is 0. The van der Waals surface area contributed by atoms with Crippen molar-refractivity contribution in [2.75, 3.05) is 6.61 Å². The van der Waals surface area contributed by atoms with Gasteiger partial charge in [0.15, 0.2) is 0 Å². The summed E-state index contributed by atoms with van der Waals surface area (Å²) in [5, 5.41) is 1.27. The van der Waals surface area contributed by atoms with Crippen LogP contribution in [0.1, 0.15) is 0 Å². The summed E-state index contributed by atoms with van der Waals surface area (Å²) in [6, 6.07) is 3.10. The Morgan fingerprint density at radius 1 is 1.08 bits per heavy atom. The maximum absolute atomic E-state index is 5.78. The number of benzene rings is 1. The molecular formula is C8H6Cl3O. The van der Waals surface area contributed by atoms with Crippen molar-refractivity contribution in [3.8, 4) is 5.75 Å². The number of ether oxygens (including phenoxy) is 1. The Kier molecular flexibility index (Phi) is 3.51. The fourth-order valence-corrected chi connectivity index (χ4v) is 1.32. The van der Waals surface area contributed by atoms with E-state index < -0.39 is 0 Å². The Labute approximate surface area is 86.2 Å². The molecule has 0 saturated heterocycles. The van der Waals surface area contributed by atoms with Gasteiger partial charge in [0, 0.05) is 6.07 Å². The van der Waals surface area contributed by atoms with Crippen LogP contribution in [0.2, 0.25) is 15.1 Å². The minimum Gasteiger partial charge on any atom is -0.492 e. The number of hydrogen-bond acceptors (Lipinski definition) is 1. The molecule has 65 valence electrons.